The second-order valence-corrected chi connectivity index (χ2v) is 4.83. The Hall–Kier alpha value is -0.0300. The van der Waals surface area contributed by atoms with Crippen molar-refractivity contribution in [2.75, 3.05) is 6.67 Å². The topological polar surface area (TPSA) is 81.1 Å². The van der Waals surface area contributed by atoms with Gasteiger partial charge < -0.3 is 5.09 Å². The van der Waals surface area contributed by atoms with Crippen LogP contribution in [0.1, 0.15) is 0 Å². The molecule has 54 valence electrons. The lowest BCUT2D eigenvalue weighted by Crippen LogP contribution is -2.29. The number of alkyl halides is 1. The van der Waals surface area contributed by atoms with Crippen molar-refractivity contribution in [1.82, 2.24) is 5.09 Å². The van der Waals surface area contributed by atoms with Gasteiger partial charge in [0, 0.05) is 0 Å². The van der Waals surface area contributed by atoms with Gasteiger partial charge in [0.2, 0.25) is 0 Å². The second kappa shape index (κ2) is 3.22. The minimum absolute atomic E-state index is 0.858. The van der Waals surface area contributed by atoms with Crippen LogP contribution in [-0.2, 0) is 16.6 Å². The largest absolute Gasteiger partial charge is 0.303 e. The Kier molecular flexibility index (Phi) is 3.21. The van der Waals surface area contributed by atoms with Crippen LogP contribution in [0.3, 0.4) is 0 Å². The summed E-state index contributed by atoms with van der Waals surface area (Å²) in [5.74, 6) is -0.858. The Morgan fingerprint density at radius 1 is 1.78 bits per heavy atom. The number of carbonyl (C=O) groups excluding carboxylic acids is 1. The number of hydrogen-bond acceptors (Lipinski definition) is 2. The van der Waals surface area contributed by atoms with Crippen molar-refractivity contribution in [2.45, 2.75) is 0 Å². The average molecular weight is 171 g/mol. The summed E-state index contributed by atoms with van der Waals surface area (Å²) in [4.78, 5) is 10.1. The molecule has 0 aliphatic carbocycles. The lowest BCUT2D eigenvalue weighted by molar-refractivity contribution is -0.120. The fourth-order valence-electron chi connectivity index (χ4n) is 0.225. The van der Waals surface area contributed by atoms with Crippen molar-refractivity contribution in [3.63, 3.8) is 0 Å². The molecule has 0 aromatic rings. The zero-order valence-corrected chi connectivity index (χ0v) is 6.21. The summed E-state index contributed by atoms with van der Waals surface area (Å²) in [6.45, 7) is -3.88. The molecular formula is C2H7FN3OPS. The van der Waals surface area contributed by atoms with E-state index in [0.29, 0.717) is 0 Å². The molecular weight excluding hydrogens is 164 g/mol. The molecule has 0 saturated heterocycles. The van der Waals surface area contributed by atoms with Crippen LogP contribution in [0, 0.1) is 0 Å². The van der Waals surface area contributed by atoms with E-state index in [9.17, 15) is 9.18 Å². The first-order valence-corrected chi connectivity index (χ1v) is 4.94. The van der Waals surface area contributed by atoms with Crippen LogP contribution in [0.5, 0.6) is 0 Å². The first kappa shape index (κ1) is 8.97. The third-order valence-corrected chi connectivity index (χ3v) is 1.29. The first-order valence-electron chi connectivity index (χ1n) is 2.00. The Labute approximate surface area is 56.9 Å². The van der Waals surface area contributed by atoms with E-state index >= 15 is 0 Å². The van der Waals surface area contributed by atoms with Crippen LogP contribution in [0.15, 0.2) is 0 Å². The molecule has 5 N–H and O–H groups in total. The van der Waals surface area contributed by atoms with Gasteiger partial charge in [-0.15, -0.1) is 0 Å². The highest BCUT2D eigenvalue weighted by Gasteiger charge is 2.06. The Morgan fingerprint density at radius 2 is 2.22 bits per heavy atom. The summed E-state index contributed by atoms with van der Waals surface area (Å²) >= 11 is 4.40. The SMILES string of the molecule is NP(N)(=S)NC(=O)CF. The lowest BCUT2D eigenvalue weighted by Gasteiger charge is -2.09. The number of rotatable bonds is 2. The molecule has 0 atom stereocenters. The Morgan fingerprint density at radius 3 is 2.33 bits per heavy atom. The molecule has 0 fully saturated rings. The Balaban J connectivity index is 3.75. The molecule has 0 rings (SSSR count). The van der Waals surface area contributed by atoms with Crippen LogP contribution >= 0.6 is 6.49 Å². The summed E-state index contributed by atoms with van der Waals surface area (Å²) in [5, 5.41) is 1.94. The maximum Gasteiger partial charge on any atom is 0.256 e. The first-order chi connectivity index (χ1) is 3.95. The van der Waals surface area contributed by atoms with Gasteiger partial charge in [0.25, 0.3) is 5.91 Å². The van der Waals surface area contributed by atoms with Crippen LogP contribution < -0.4 is 16.1 Å². The van der Waals surface area contributed by atoms with Crippen LogP contribution in [-0.4, -0.2) is 12.6 Å². The molecule has 0 aliphatic rings. The predicted molar refractivity (Wildman–Crippen MR) is 36.8 cm³/mol. The molecule has 0 unspecified atom stereocenters. The summed E-state index contributed by atoms with van der Waals surface area (Å²) in [7, 11) is 0. The highest BCUT2D eigenvalue weighted by Crippen LogP contribution is 2.16. The van der Waals surface area contributed by atoms with E-state index in [1.165, 1.54) is 0 Å². The van der Waals surface area contributed by atoms with Crippen molar-refractivity contribution < 1.29 is 9.18 Å². The van der Waals surface area contributed by atoms with Crippen molar-refractivity contribution in [3.05, 3.63) is 0 Å². The molecule has 0 bridgehead atoms. The van der Waals surface area contributed by atoms with Crippen molar-refractivity contribution in [1.29, 1.82) is 0 Å². The molecule has 7 heteroatoms. The summed E-state index contributed by atoms with van der Waals surface area (Å²) in [6.07, 6.45) is 0. The zero-order valence-electron chi connectivity index (χ0n) is 4.50. The van der Waals surface area contributed by atoms with E-state index in [2.05, 4.69) is 11.8 Å². The molecule has 0 aromatic heterocycles. The van der Waals surface area contributed by atoms with Gasteiger partial charge in [-0.1, -0.05) is 0 Å². The fraction of sp³-hybridized carbons (Fsp3) is 0.500. The van der Waals surface area contributed by atoms with Crippen molar-refractivity contribution in [2.24, 2.45) is 11.0 Å². The molecule has 9 heavy (non-hydrogen) atoms. The molecule has 4 nitrogen and oxygen atoms in total. The minimum atomic E-state index is -2.74. The minimum Gasteiger partial charge on any atom is -0.303 e. The van der Waals surface area contributed by atoms with Gasteiger partial charge in [-0.3, -0.25) is 15.8 Å². The van der Waals surface area contributed by atoms with E-state index in [4.69, 9.17) is 11.0 Å². The fourth-order valence-corrected chi connectivity index (χ4v) is 0.980. The van der Waals surface area contributed by atoms with Gasteiger partial charge in [-0.2, -0.15) is 0 Å². The van der Waals surface area contributed by atoms with Crippen LogP contribution in [0.2, 0.25) is 0 Å². The maximum absolute atomic E-state index is 11.4. The Bertz CT molecular complexity index is 156. The predicted octanol–water partition coefficient (Wildman–Crippen LogP) is -0.786. The normalized spacial score (nSPS) is 11.0. The van der Waals surface area contributed by atoms with Gasteiger partial charge in [0.1, 0.15) is 0 Å². The zero-order chi connectivity index (χ0) is 7.49. The molecule has 0 spiro atoms. The number of hydrogen-bond donors (Lipinski definition) is 3. The molecule has 0 heterocycles. The van der Waals surface area contributed by atoms with Crippen molar-refractivity contribution >= 4 is 24.2 Å². The third kappa shape index (κ3) is 5.85. The average Bonchev–Trinajstić information content (AvgIpc) is 1.62. The van der Waals surface area contributed by atoms with Crippen molar-refractivity contribution in [3.8, 4) is 0 Å². The van der Waals surface area contributed by atoms with E-state index in [1.807, 2.05) is 5.09 Å². The number of nitrogens with two attached hydrogens (primary N) is 2. The highest BCUT2D eigenvalue weighted by molar-refractivity contribution is 8.11. The quantitative estimate of drug-likeness (QED) is 0.476. The van der Waals surface area contributed by atoms with E-state index in [-0.39, 0.29) is 0 Å². The highest BCUT2D eigenvalue weighted by atomic mass is 32.4. The van der Waals surface area contributed by atoms with Crippen LogP contribution in [0.25, 0.3) is 0 Å². The van der Waals surface area contributed by atoms with Gasteiger partial charge in [0.05, 0.1) is 0 Å². The second-order valence-electron chi connectivity index (χ2n) is 1.38. The summed E-state index contributed by atoms with van der Waals surface area (Å²) < 4.78 is 11.4. The number of amides is 1. The lowest BCUT2D eigenvalue weighted by atomic mass is 10.7. The summed E-state index contributed by atoms with van der Waals surface area (Å²) in [5.41, 5.74) is 10.0. The third-order valence-electron chi connectivity index (χ3n) is 0.421. The van der Waals surface area contributed by atoms with Gasteiger partial charge >= 0.3 is 0 Å². The standard InChI is InChI=1S/C2H7FN3OPS/c3-1-2(7)6-8(4,5)9/h1H2,(H5,4,5,6,7,9). The van der Waals surface area contributed by atoms with Gasteiger partial charge in [-0.05, 0) is 11.8 Å². The van der Waals surface area contributed by atoms with Crippen LogP contribution in [0.4, 0.5) is 4.39 Å². The number of halogens is 1. The molecule has 1 amide bonds. The smallest absolute Gasteiger partial charge is 0.256 e. The molecule has 0 aliphatic heterocycles. The molecule has 0 radical (unpaired) electrons. The number of carbonyl (C=O) groups is 1. The van der Waals surface area contributed by atoms with E-state index in [1.54, 1.807) is 0 Å². The van der Waals surface area contributed by atoms with E-state index < -0.39 is 19.1 Å². The van der Waals surface area contributed by atoms with E-state index in [0.717, 1.165) is 0 Å². The number of nitrogens with one attached hydrogen (secondary N) is 1. The molecule has 0 saturated carbocycles. The monoisotopic (exact) mass is 171 g/mol. The van der Waals surface area contributed by atoms with Gasteiger partial charge in [-0.25, -0.2) is 4.39 Å². The molecule has 0 aromatic carbocycles. The van der Waals surface area contributed by atoms with Gasteiger partial charge in [0.15, 0.2) is 13.2 Å². The summed E-state index contributed by atoms with van der Waals surface area (Å²) in [6, 6.07) is 0. The maximum atomic E-state index is 11.4.